The minimum Gasteiger partial charge on any atom is -0.299 e. The molecule has 1 aromatic rings. The molecular formula is C16H24N4O. The third kappa shape index (κ3) is 3.10. The van der Waals surface area contributed by atoms with Gasteiger partial charge in [-0.25, -0.2) is 5.84 Å². The summed E-state index contributed by atoms with van der Waals surface area (Å²) >= 11 is 0. The second-order valence-corrected chi connectivity index (χ2v) is 6.25. The Morgan fingerprint density at radius 3 is 2.95 bits per heavy atom. The highest BCUT2D eigenvalue weighted by atomic mass is 16.2. The van der Waals surface area contributed by atoms with Gasteiger partial charge in [-0.15, -0.1) is 0 Å². The van der Waals surface area contributed by atoms with Crippen LogP contribution in [-0.4, -0.2) is 47.9 Å². The number of nitrogen functional groups attached to an aromatic ring is 1. The monoisotopic (exact) mass is 288 g/mol. The van der Waals surface area contributed by atoms with Crippen LogP contribution >= 0.6 is 0 Å². The molecule has 2 saturated heterocycles. The van der Waals surface area contributed by atoms with Crippen molar-refractivity contribution in [1.29, 1.82) is 0 Å². The number of hydrogen-bond donors (Lipinski definition) is 2. The van der Waals surface area contributed by atoms with Gasteiger partial charge in [0.1, 0.15) is 0 Å². The van der Waals surface area contributed by atoms with Crippen LogP contribution < -0.4 is 11.3 Å². The molecule has 21 heavy (non-hydrogen) atoms. The maximum absolute atomic E-state index is 11.6. The van der Waals surface area contributed by atoms with E-state index in [1.54, 1.807) is 6.07 Å². The number of nitrogens with two attached hydrogens (primary N) is 1. The molecule has 3 rings (SSSR count). The Morgan fingerprint density at radius 2 is 2.14 bits per heavy atom. The summed E-state index contributed by atoms with van der Waals surface area (Å²) in [4.78, 5) is 16.7. The molecule has 2 aliphatic rings. The molecule has 0 aliphatic carbocycles. The van der Waals surface area contributed by atoms with Crippen molar-refractivity contribution in [3.8, 4) is 0 Å². The average molecular weight is 288 g/mol. The molecule has 2 fully saturated rings. The Balaban J connectivity index is 1.68. The highest BCUT2D eigenvalue weighted by Gasteiger charge is 2.34. The van der Waals surface area contributed by atoms with E-state index in [0.717, 1.165) is 25.7 Å². The molecule has 2 atom stereocenters. The van der Waals surface area contributed by atoms with Crippen LogP contribution in [0.2, 0.25) is 0 Å². The molecule has 2 bridgehead atoms. The smallest absolute Gasteiger partial charge is 0.265 e. The van der Waals surface area contributed by atoms with Crippen LogP contribution in [0.25, 0.3) is 0 Å². The fourth-order valence-corrected chi connectivity index (χ4v) is 3.68. The second kappa shape index (κ2) is 6.13. The van der Waals surface area contributed by atoms with Crippen LogP contribution in [0.3, 0.4) is 0 Å². The van der Waals surface area contributed by atoms with E-state index < -0.39 is 0 Å². The van der Waals surface area contributed by atoms with Gasteiger partial charge >= 0.3 is 0 Å². The summed E-state index contributed by atoms with van der Waals surface area (Å²) < 4.78 is 0. The summed E-state index contributed by atoms with van der Waals surface area (Å²) in [6.45, 7) is 3.17. The SMILES string of the molecule is CN1C2CCC1CN(Cc1cccc(C(=O)NN)c1)CC2. The zero-order valence-electron chi connectivity index (χ0n) is 12.6. The number of nitrogens with one attached hydrogen (secondary N) is 1. The average Bonchev–Trinajstić information content (AvgIpc) is 2.75. The number of nitrogens with zero attached hydrogens (tertiary/aromatic N) is 2. The fourth-order valence-electron chi connectivity index (χ4n) is 3.68. The highest BCUT2D eigenvalue weighted by molar-refractivity contribution is 5.93. The lowest BCUT2D eigenvalue weighted by molar-refractivity contribution is 0.0953. The number of rotatable bonds is 3. The van der Waals surface area contributed by atoms with Gasteiger partial charge in [-0.05, 0) is 44.0 Å². The Labute approximate surface area is 126 Å². The summed E-state index contributed by atoms with van der Waals surface area (Å²) in [7, 11) is 2.26. The molecule has 0 aromatic heterocycles. The topological polar surface area (TPSA) is 61.6 Å². The number of carbonyl (C=O) groups excluding carboxylic acids is 1. The number of likely N-dealkylation sites (tertiary alicyclic amines) is 1. The van der Waals surface area contributed by atoms with Crippen molar-refractivity contribution in [2.45, 2.75) is 37.9 Å². The molecular weight excluding hydrogens is 264 g/mol. The van der Waals surface area contributed by atoms with E-state index >= 15 is 0 Å². The predicted octanol–water partition coefficient (Wildman–Crippen LogP) is 0.959. The molecule has 2 aliphatic heterocycles. The van der Waals surface area contributed by atoms with Crippen LogP contribution in [0.1, 0.15) is 35.2 Å². The Morgan fingerprint density at radius 1 is 1.33 bits per heavy atom. The number of amides is 1. The lowest BCUT2D eigenvalue weighted by atomic mass is 10.1. The van der Waals surface area contributed by atoms with Crippen molar-refractivity contribution < 1.29 is 4.79 Å². The van der Waals surface area contributed by atoms with Gasteiger partial charge in [0, 0.05) is 37.3 Å². The van der Waals surface area contributed by atoms with Crippen molar-refractivity contribution in [1.82, 2.24) is 15.2 Å². The molecule has 1 amide bonds. The third-order valence-corrected chi connectivity index (χ3v) is 4.96. The Hall–Kier alpha value is -1.43. The molecule has 3 N–H and O–H groups in total. The minimum absolute atomic E-state index is 0.230. The van der Waals surface area contributed by atoms with Crippen molar-refractivity contribution >= 4 is 5.91 Å². The first-order valence-electron chi connectivity index (χ1n) is 7.71. The van der Waals surface area contributed by atoms with Crippen molar-refractivity contribution in [2.24, 2.45) is 5.84 Å². The molecule has 114 valence electrons. The minimum atomic E-state index is -0.230. The zero-order valence-corrected chi connectivity index (χ0v) is 12.6. The van der Waals surface area contributed by atoms with Gasteiger partial charge in [0.25, 0.3) is 5.91 Å². The largest absolute Gasteiger partial charge is 0.299 e. The lowest BCUT2D eigenvalue weighted by Gasteiger charge is -2.25. The fraction of sp³-hybridized carbons (Fsp3) is 0.562. The number of hydrazine groups is 1. The summed E-state index contributed by atoms with van der Waals surface area (Å²) in [5, 5.41) is 0. The molecule has 0 spiro atoms. The number of likely N-dealkylation sites (N-methyl/N-ethyl adjacent to an activating group) is 1. The van der Waals surface area contributed by atoms with Gasteiger partial charge in [-0.3, -0.25) is 20.0 Å². The number of hydrogen-bond acceptors (Lipinski definition) is 4. The molecule has 0 saturated carbocycles. The maximum Gasteiger partial charge on any atom is 0.265 e. The summed E-state index contributed by atoms with van der Waals surface area (Å²) in [6, 6.07) is 9.19. The first kappa shape index (κ1) is 14.5. The zero-order chi connectivity index (χ0) is 14.8. The second-order valence-electron chi connectivity index (χ2n) is 6.25. The van der Waals surface area contributed by atoms with Crippen molar-refractivity contribution in [3.05, 3.63) is 35.4 Å². The van der Waals surface area contributed by atoms with Crippen LogP contribution in [0.15, 0.2) is 24.3 Å². The normalized spacial score (nSPS) is 26.6. The Kier molecular flexibility index (Phi) is 4.24. The first-order chi connectivity index (χ1) is 10.2. The maximum atomic E-state index is 11.6. The molecule has 5 nitrogen and oxygen atoms in total. The number of benzene rings is 1. The highest BCUT2D eigenvalue weighted by Crippen LogP contribution is 2.29. The molecule has 5 heteroatoms. The molecule has 2 unspecified atom stereocenters. The van der Waals surface area contributed by atoms with E-state index in [-0.39, 0.29) is 5.91 Å². The van der Waals surface area contributed by atoms with Crippen molar-refractivity contribution in [2.75, 3.05) is 20.1 Å². The van der Waals surface area contributed by atoms with E-state index in [4.69, 9.17) is 5.84 Å². The van der Waals surface area contributed by atoms with E-state index in [9.17, 15) is 4.79 Å². The van der Waals surface area contributed by atoms with Crippen LogP contribution in [0.4, 0.5) is 0 Å². The van der Waals surface area contributed by atoms with Gasteiger partial charge in [0.05, 0.1) is 0 Å². The van der Waals surface area contributed by atoms with Crippen LogP contribution in [0.5, 0.6) is 0 Å². The quantitative estimate of drug-likeness (QED) is 0.494. The number of carbonyl (C=O) groups is 1. The van der Waals surface area contributed by atoms with Crippen molar-refractivity contribution in [3.63, 3.8) is 0 Å². The van der Waals surface area contributed by atoms with Gasteiger partial charge < -0.3 is 0 Å². The predicted molar refractivity (Wildman–Crippen MR) is 82.6 cm³/mol. The molecule has 2 heterocycles. The van der Waals surface area contributed by atoms with Gasteiger partial charge in [-0.2, -0.15) is 0 Å². The summed E-state index contributed by atoms with van der Waals surface area (Å²) in [5.41, 5.74) is 4.00. The van der Waals surface area contributed by atoms with Gasteiger partial charge in [0.2, 0.25) is 0 Å². The van der Waals surface area contributed by atoms with E-state index in [2.05, 4.69) is 28.3 Å². The van der Waals surface area contributed by atoms with E-state index in [0.29, 0.717) is 11.6 Å². The lowest BCUT2D eigenvalue weighted by Crippen LogP contribution is -2.36. The third-order valence-electron chi connectivity index (χ3n) is 4.96. The summed E-state index contributed by atoms with van der Waals surface area (Å²) in [6.07, 6.45) is 3.91. The number of fused-ring (bicyclic) bond motifs is 2. The van der Waals surface area contributed by atoms with E-state index in [1.807, 2.05) is 12.1 Å². The van der Waals surface area contributed by atoms with Gasteiger partial charge in [0.15, 0.2) is 0 Å². The van der Waals surface area contributed by atoms with E-state index in [1.165, 1.54) is 24.8 Å². The molecule has 0 radical (unpaired) electrons. The standard InChI is InChI=1S/C16H24N4O/c1-19-14-5-6-15(19)11-20(8-7-14)10-12-3-2-4-13(9-12)16(21)18-17/h2-4,9,14-15H,5-8,10-11,17H2,1H3,(H,18,21). The Bertz CT molecular complexity index is 519. The van der Waals surface area contributed by atoms with Crippen LogP contribution in [0, 0.1) is 0 Å². The molecule has 1 aromatic carbocycles. The van der Waals surface area contributed by atoms with Gasteiger partial charge in [-0.1, -0.05) is 12.1 Å². The first-order valence-corrected chi connectivity index (χ1v) is 7.71. The summed E-state index contributed by atoms with van der Waals surface area (Å²) in [5.74, 6) is 4.97. The van der Waals surface area contributed by atoms with Crippen LogP contribution in [-0.2, 0) is 6.54 Å².